The van der Waals surface area contributed by atoms with Gasteiger partial charge in [-0.25, -0.2) is 8.99 Å². The lowest BCUT2D eigenvalue weighted by molar-refractivity contribution is 0.208. The Hall–Kier alpha value is -1.07. The summed E-state index contributed by atoms with van der Waals surface area (Å²) < 4.78 is 40.7. The van der Waals surface area contributed by atoms with Crippen LogP contribution in [-0.4, -0.2) is 23.1 Å². The fourth-order valence-electron chi connectivity index (χ4n) is 2.54. The minimum Gasteiger partial charge on any atom is -0.493 e. The summed E-state index contributed by atoms with van der Waals surface area (Å²) in [4.78, 5) is 0.267. The number of hydrogen-bond acceptors (Lipinski definition) is 4. The molecule has 1 aliphatic carbocycles. The molecule has 1 saturated carbocycles. The third-order valence-electron chi connectivity index (χ3n) is 3.68. The van der Waals surface area contributed by atoms with Crippen molar-refractivity contribution in [2.24, 2.45) is 11.7 Å². The first kappa shape index (κ1) is 12.7. The first-order valence-corrected chi connectivity index (χ1v) is 8.77. The molecule has 1 atom stereocenters. The van der Waals surface area contributed by atoms with Crippen molar-refractivity contribution in [3.8, 4) is 5.75 Å². The predicted molar refractivity (Wildman–Crippen MR) is 81.6 cm³/mol. The van der Waals surface area contributed by atoms with Gasteiger partial charge in [0, 0.05) is 15.0 Å². The molecule has 1 aliphatic rings. The maximum absolute atomic E-state index is 12.4. The van der Waals surface area contributed by atoms with Crippen molar-refractivity contribution in [2.75, 3.05) is 18.9 Å². The van der Waals surface area contributed by atoms with Gasteiger partial charge in [0.25, 0.3) is 0 Å². The Labute approximate surface area is 124 Å². The van der Waals surface area contributed by atoms with Gasteiger partial charge in [0.15, 0.2) is 0 Å². The van der Waals surface area contributed by atoms with Crippen LogP contribution in [0, 0.1) is 10.7 Å². The Morgan fingerprint density at radius 1 is 1.40 bits per heavy atom. The molecule has 0 spiro atoms. The molecular weight excluding hydrogens is 272 g/mol. The van der Waals surface area contributed by atoms with Crippen molar-refractivity contribution in [1.29, 1.82) is 4.78 Å². The van der Waals surface area contributed by atoms with Gasteiger partial charge in [-0.3, -0.25) is 0 Å². The van der Waals surface area contributed by atoms with Crippen LogP contribution in [-0.2, 0) is 9.73 Å². The van der Waals surface area contributed by atoms with E-state index >= 15 is 0 Å². The summed E-state index contributed by atoms with van der Waals surface area (Å²) in [6.07, 6.45) is 6.17. The zero-order valence-corrected chi connectivity index (χ0v) is 12.5. The summed E-state index contributed by atoms with van der Waals surface area (Å²) >= 11 is 0. The Morgan fingerprint density at radius 2 is 2.15 bits per heavy atom. The molecule has 2 rings (SSSR count). The lowest BCUT2D eigenvalue weighted by Gasteiger charge is -2.21. The highest BCUT2D eigenvalue weighted by molar-refractivity contribution is 7.92. The number of rotatable bonds is 6. The number of benzene rings is 1. The quantitative estimate of drug-likeness (QED) is 0.847. The molecule has 5 heteroatoms. The highest BCUT2D eigenvalue weighted by Gasteiger charge is 2.15. The fourth-order valence-corrected chi connectivity index (χ4v) is 3.54. The zero-order valence-electron chi connectivity index (χ0n) is 13.6. The average Bonchev–Trinajstić information content (AvgIpc) is 2.44. The van der Waals surface area contributed by atoms with Gasteiger partial charge in [-0.1, -0.05) is 25.3 Å². The largest absolute Gasteiger partial charge is 0.493 e. The van der Waals surface area contributed by atoms with Crippen molar-refractivity contribution in [3.05, 3.63) is 24.3 Å². The molecular formula is C15H24N2O2S. The number of ether oxygens (including phenoxy) is 1. The first-order valence-electron chi connectivity index (χ1n) is 8.04. The van der Waals surface area contributed by atoms with E-state index in [0.717, 1.165) is 0 Å². The van der Waals surface area contributed by atoms with Crippen LogP contribution in [0.1, 0.15) is 34.8 Å². The minimum absolute atomic E-state index is 0.267. The van der Waals surface area contributed by atoms with E-state index in [0.29, 0.717) is 18.3 Å². The van der Waals surface area contributed by atoms with Crippen LogP contribution in [0.4, 0.5) is 0 Å². The molecule has 1 fully saturated rings. The summed E-state index contributed by atoms with van der Waals surface area (Å²) in [5, 5.41) is 0. The van der Waals surface area contributed by atoms with E-state index in [9.17, 15) is 4.21 Å². The van der Waals surface area contributed by atoms with E-state index in [1.807, 2.05) is 0 Å². The Morgan fingerprint density at radius 3 is 2.85 bits per heavy atom. The van der Waals surface area contributed by atoms with E-state index < -0.39 is 22.0 Å². The van der Waals surface area contributed by atoms with Gasteiger partial charge in [-0.15, -0.1) is 0 Å². The highest BCUT2D eigenvalue weighted by atomic mass is 32.2. The van der Waals surface area contributed by atoms with Crippen LogP contribution >= 0.6 is 0 Å². The second-order valence-electron chi connectivity index (χ2n) is 5.31. The molecule has 3 N–H and O–H groups in total. The highest BCUT2D eigenvalue weighted by Crippen LogP contribution is 2.25. The third kappa shape index (κ3) is 4.21. The minimum atomic E-state index is -3.26. The van der Waals surface area contributed by atoms with Crippen molar-refractivity contribution < 1.29 is 11.7 Å². The molecule has 20 heavy (non-hydrogen) atoms. The van der Waals surface area contributed by atoms with Gasteiger partial charge in [0.2, 0.25) is 0 Å². The smallest absolute Gasteiger partial charge is 0.120 e. The van der Waals surface area contributed by atoms with E-state index in [1.165, 1.54) is 32.1 Å². The average molecular weight is 298 g/mol. The van der Waals surface area contributed by atoms with Crippen LogP contribution in [0.3, 0.4) is 0 Å². The molecule has 0 aliphatic heterocycles. The van der Waals surface area contributed by atoms with Crippen LogP contribution in [0.2, 0.25) is 0 Å². The van der Waals surface area contributed by atoms with E-state index in [1.54, 1.807) is 24.3 Å². The lowest BCUT2D eigenvalue weighted by Crippen LogP contribution is -2.16. The van der Waals surface area contributed by atoms with Crippen LogP contribution in [0.15, 0.2) is 29.2 Å². The lowest BCUT2D eigenvalue weighted by atomic mass is 9.90. The normalized spacial score (nSPS) is 21.6. The molecule has 0 heterocycles. The number of hydrogen-bond donors (Lipinski definition) is 2. The molecule has 112 valence electrons. The van der Waals surface area contributed by atoms with E-state index in [-0.39, 0.29) is 4.90 Å². The van der Waals surface area contributed by atoms with Gasteiger partial charge in [-0.2, -0.15) is 0 Å². The second kappa shape index (κ2) is 7.09. The van der Waals surface area contributed by atoms with Crippen molar-refractivity contribution in [1.82, 2.24) is 0 Å². The van der Waals surface area contributed by atoms with Gasteiger partial charge in [0.05, 0.1) is 21.2 Å². The molecule has 1 unspecified atom stereocenters. The number of nitrogens with two attached hydrogens (primary N) is 1. The van der Waals surface area contributed by atoms with Crippen LogP contribution in [0.5, 0.6) is 5.75 Å². The van der Waals surface area contributed by atoms with Crippen molar-refractivity contribution >= 4 is 9.73 Å². The molecule has 0 saturated heterocycles. The van der Waals surface area contributed by atoms with Crippen molar-refractivity contribution in [2.45, 2.75) is 37.0 Å². The summed E-state index contributed by atoms with van der Waals surface area (Å²) in [5.74, 6) is 0.628. The SMILES string of the molecule is [2H]C([2H])(N)CS(=N)(=O)c1cccc(OCC2CCCCC2)c1. The van der Waals surface area contributed by atoms with Gasteiger partial charge < -0.3 is 10.5 Å². The van der Waals surface area contributed by atoms with Gasteiger partial charge in [0.1, 0.15) is 5.75 Å². The van der Waals surface area contributed by atoms with Crippen LogP contribution < -0.4 is 10.5 Å². The van der Waals surface area contributed by atoms with Gasteiger partial charge >= 0.3 is 0 Å². The standard InChI is InChI=1S/C15H24N2O2S/c16-9-10-20(17,18)15-8-4-7-14(11-15)19-12-13-5-2-1-3-6-13/h4,7-8,11,13,17H,1-3,5-6,9-10,12,16H2/i9D2. The molecule has 4 nitrogen and oxygen atoms in total. The van der Waals surface area contributed by atoms with Crippen LogP contribution in [0.25, 0.3) is 0 Å². The monoisotopic (exact) mass is 298 g/mol. The molecule has 0 radical (unpaired) electrons. The summed E-state index contributed by atoms with van der Waals surface area (Å²) in [6, 6.07) is 6.60. The summed E-state index contributed by atoms with van der Waals surface area (Å²) in [7, 11) is -3.26. The fraction of sp³-hybridized carbons (Fsp3) is 0.600. The Bertz CT molecular complexity index is 594. The Balaban J connectivity index is 2.03. The van der Waals surface area contributed by atoms with E-state index in [4.69, 9.17) is 18.0 Å². The molecule has 0 bridgehead atoms. The molecule has 1 aromatic carbocycles. The van der Waals surface area contributed by atoms with E-state index in [2.05, 4.69) is 0 Å². The maximum Gasteiger partial charge on any atom is 0.120 e. The zero-order chi connectivity index (χ0) is 16.2. The Kier molecular flexibility index (Phi) is 4.48. The van der Waals surface area contributed by atoms with Gasteiger partial charge in [-0.05, 0) is 37.0 Å². The van der Waals surface area contributed by atoms with Crippen molar-refractivity contribution in [3.63, 3.8) is 0 Å². The predicted octanol–water partition coefficient (Wildman–Crippen LogP) is 3.01. The summed E-state index contributed by atoms with van der Waals surface area (Å²) in [6.45, 7) is -1.49. The molecule has 0 aromatic heterocycles. The summed E-state index contributed by atoms with van der Waals surface area (Å²) in [5.41, 5.74) is 5.26. The molecule has 1 aromatic rings. The third-order valence-corrected chi connectivity index (χ3v) is 5.27. The first-order chi connectivity index (χ1) is 10.3. The maximum atomic E-state index is 12.4. The topological polar surface area (TPSA) is 76.2 Å². The second-order valence-corrected chi connectivity index (χ2v) is 7.42. The molecule has 0 amide bonds. The number of nitrogens with one attached hydrogen (secondary N) is 1.